The molecule has 19 heavy (non-hydrogen) atoms. The number of allylic oxidation sites excluding steroid dienone is 2. The average Bonchev–Trinajstić information content (AvgIpc) is 2.98. The van der Waals surface area contributed by atoms with Crippen LogP contribution in [-0.4, -0.2) is 20.1 Å². The van der Waals surface area contributed by atoms with Crippen LogP contribution in [0.1, 0.15) is 31.1 Å². The summed E-state index contributed by atoms with van der Waals surface area (Å²) in [5.41, 5.74) is 1.70. The molecular formula is C15H17N3O. The van der Waals surface area contributed by atoms with Gasteiger partial charge in [-0.1, -0.05) is 35.6 Å². The highest BCUT2D eigenvalue weighted by atomic mass is 16.3. The molecule has 0 spiro atoms. The molecule has 0 bridgehead atoms. The zero-order valence-corrected chi connectivity index (χ0v) is 10.7. The highest BCUT2D eigenvalue weighted by Crippen LogP contribution is 2.31. The van der Waals surface area contributed by atoms with Crippen molar-refractivity contribution >= 4 is 0 Å². The lowest BCUT2D eigenvalue weighted by molar-refractivity contribution is 0.0960. The molecule has 1 aliphatic carbocycles. The Bertz CT molecular complexity index is 562. The molecule has 0 saturated carbocycles. The van der Waals surface area contributed by atoms with E-state index in [-0.39, 0.29) is 5.92 Å². The van der Waals surface area contributed by atoms with Crippen molar-refractivity contribution in [3.05, 3.63) is 54.4 Å². The molecule has 4 heteroatoms. The van der Waals surface area contributed by atoms with E-state index in [4.69, 9.17) is 0 Å². The van der Waals surface area contributed by atoms with Gasteiger partial charge in [0.05, 0.1) is 17.6 Å². The number of para-hydroxylation sites is 1. The second-order valence-corrected chi connectivity index (χ2v) is 4.90. The van der Waals surface area contributed by atoms with E-state index < -0.39 is 6.10 Å². The normalized spacial score (nSPS) is 20.4. The lowest BCUT2D eigenvalue weighted by atomic mass is 9.88. The third-order valence-electron chi connectivity index (χ3n) is 3.64. The third kappa shape index (κ3) is 2.44. The summed E-state index contributed by atoms with van der Waals surface area (Å²) < 4.78 is 1.73. The molecule has 1 aliphatic rings. The average molecular weight is 255 g/mol. The van der Waals surface area contributed by atoms with E-state index in [0.29, 0.717) is 0 Å². The fraction of sp³-hybridized carbons (Fsp3) is 0.333. The van der Waals surface area contributed by atoms with Crippen molar-refractivity contribution in [1.29, 1.82) is 0 Å². The van der Waals surface area contributed by atoms with E-state index in [1.165, 1.54) is 0 Å². The van der Waals surface area contributed by atoms with Gasteiger partial charge in [-0.2, -0.15) is 0 Å². The first-order valence-corrected chi connectivity index (χ1v) is 6.65. The Morgan fingerprint density at radius 1 is 1.21 bits per heavy atom. The van der Waals surface area contributed by atoms with Gasteiger partial charge in [0.25, 0.3) is 0 Å². The molecule has 0 amide bonds. The van der Waals surface area contributed by atoms with E-state index in [1.807, 2.05) is 30.3 Å². The smallest absolute Gasteiger partial charge is 0.101 e. The van der Waals surface area contributed by atoms with Crippen molar-refractivity contribution in [2.24, 2.45) is 5.92 Å². The first-order valence-electron chi connectivity index (χ1n) is 6.65. The van der Waals surface area contributed by atoms with E-state index in [0.717, 1.165) is 30.6 Å². The zero-order valence-electron chi connectivity index (χ0n) is 10.7. The summed E-state index contributed by atoms with van der Waals surface area (Å²) in [7, 11) is 0. The van der Waals surface area contributed by atoms with Gasteiger partial charge >= 0.3 is 0 Å². The number of aromatic nitrogens is 3. The first kappa shape index (κ1) is 12.1. The summed E-state index contributed by atoms with van der Waals surface area (Å²) >= 11 is 0. The molecule has 2 aromatic rings. The Morgan fingerprint density at radius 2 is 2.05 bits per heavy atom. The predicted octanol–water partition coefficient (Wildman–Crippen LogP) is 2.66. The van der Waals surface area contributed by atoms with Gasteiger partial charge in [0.15, 0.2) is 0 Å². The summed E-state index contributed by atoms with van der Waals surface area (Å²) in [4.78, 5) is 0. The topological polar surface area (TPSA) is 50.9 Å². The summed E-state index contributed by atoms with van der Waals surface area (Å²) in [6.45, 7) is 0. The number of nitrogens with zero attached hydrogens (tertiary/aromatic N) is 3. The van der Waals surface area contributed by atoms with Crippen LogP contribution in [0.2, 0.25) is 0 Å². The Morgan fingerprint density at radius 3 is 2.79 bits per heavy atom. The van der Waals surface area contributed by atoms with Crippen molar-refractivity contribution < 1.29 is 5.11 Å². The second-order valence-electron chi connectivity index (χ2n) is 4.90. The Hall–Kier alpha value is -1.94. The maximum Gasteiger partial charge on any atom is 0.101 e. The van der Waals surface area contributed by atoms with Crippen molar-refractivity contribution in [1.82, 2.24) is 15.0 Å². The molecule has 4 nitrogen and oxygen atoms in total. The minimum Gasteiger partial charge on any atom is -0.386 e. The van der Waals surface area contributed by atoms with Crippen molar-refractivity contribution in [2.45, 2.75) is 25.4 Å². The molecule has 1 aromatic carbocycles. The summed E-state index contributed by atoms with van der Waals surface area (Å²) in [6.07, 6.45) is 8.44. The molecule has 2 unspecified atom stereocenters. The lowest BCUT2D eigenvalue weighted by Gasteiger charge is -2.23. The van der Waals surface area contributed by atoms with Crippen LogP contribution in [0.3, 0.4) is 0 Å². The van der Waals surface area contributed by atoms with E-state index >= 15 is 0 Å². The molecule has 1 N–H and O–H groups in total. The largest absolute Gasteiger partial charge is 0.386 e. The third-order valence-corrected chi connectivity index (χ3v) is 3.64. The minimum absolute atomic E-state index is 0.256. The zero-order chi connectivity index (χ0) is 13.1. The number of aliphatic hydroxyl groups is 1. The van der Waals surface area contributed by atoms with E-state index in [2.05, 4.69) is 22.5 Å². The van der Waals surface area contributed by atoms with Crippen LogP contribution in [-0.2, 0) is 0 Å². The van der Waals surface area contributed by atoms with Gasteiger partial charge in [0, 0.05) is 0 Å². The van der Waals surface area contributed by atoms with Crippen molar-refractivity contribution in [2.75, 3.05) is 0 Å². The number of hydrogen-bond acceptors (Lipinski definition) is 3. The van der Waals surface area contributed by atoms with Crippen LogP contribution >= 0.6 is 0 Å². The minimum atomic E-state index is -0.514. The van der Waals surface area contributed by atoms with Crippen LogP contribution in [0.5, 0.6) is 0 Å². The standard InChI is InChI=1S/C15H17N3O/c19-15(12-7-3-1-4-8-12)14-11-16-17-18(14)13-9-5-2-6-10-13/h1-3,5-6,9-12,15,19H,4,7-8H2. The molecule has 2 atom stereocenters. The van der Waals surface area contributed by atoms with Gasteiger partial charge in [-0.25, -0.2) is 4.68 Å². The van der Waals surface area contributed by atoms with Crippen LogP contribution in [0.25, 0.3) is 5.69 Å². The molecule has 1 heterocycles. The highest BCUT2D eigenvalue weighted by molar-refractivity contribution is 5.32. The number of aliphatic hydroxyl groups excluding tert-OH is 1. The monoisotopic (exact) mass is 255 g/mol. The van der Waals surface area contributed by atoms with Gasteiger partial charge < -0.3 is 5.11 Å². The highest BCUT2D eigenvalue weighted by Gasteiger charge is 2.25. The molecular weight excluding hydrogens is 238 g/mol. The Balaban J connectivity index is 1.89. The van der Waals surface area contributed by atoms with Gasteiger partial charge in [-0.05, 0) is 37.3 Å². The molecule has 1 aromatic heterocycles. The first-order chi connectivity index (χ1) is 9.36. The summed E-state index contributed by atoms with van der Waals surface area (Å²) in [5.74, 6) is 0.256. The van der Waals surface area contributed by atoms with Crippen molar-refractivity contribution in [3.63, 3.8) is 0 Å². The summed E-state index contributed by atoms with van der Waals surface area (Å²) in [6, 6.07) is 9.80. The second kappa shape index (κ2) is 5.36. The molecule has 3 rings (SSSR count). The fourth-order valence-corrected chi connectivity index (χ4v) is 2.56. The lowest BCUT2D eigenvalue weighted by Crippen LogP contribution is -2.17. The van der Waals surface area contributed by atoms with E-state index in [9.17, 15) is 5.11 Å². The molecule has 0 radical (unpaired) electrons. The Kier molecular flexibility index (Phi) is 3.42. The quantitative estimate of drug-likeness (QED) is 0.858. The number of benzene rings is 1. The van der Waals surface area contributed by atoms with Crippen LogP contribution in [0.4, 0.5) is 0 Å². The van der Waals surface area contributed by atoms with Crippen molar-refractivity contribution in [3.8, 4) is 5.69 Å². The molecule has 98 valence electrons. The summed E-state index contributed by atoms with van der Waals surface area (Å²) in [5, 5.41) is 18.6. The number of hydrogen-bond donors (Lipinski definition) is 1. The molecule has 0 fully saturated rings. The molecule has 0 saturated heterocycles. The van der Waals surface area contributed by atoms with Gasteiger partial charge in [-0.3, -0.25) is 0 Å². The van der Waals surface area contributed by atoms with Gasteiger partial charge in [-0.15, -0.1) is 5.10 Å². The predicted molar refractivity (Wildman–Crippen MR) is 72.8 cm³/mol. The van der Waals surface area contributed by atoms with Crippen LogP contribution < -0.4 is 0 Å². The van der Waals surface area contributed by atoms with Crippen LogP contribution in [0, 0.1) is 5.92 Å². The van der Waals surface area contributed by atoms with Gasteiger partial charge in [0.1, 0.15) is 6.10 Å². The maximum atomic E-state index is 10.5. The van der Waals surface area contributed by atoms with Crippen LogP contribution in [0.15, 0.2) is 48.7 Å². The number of rotatable bonds is 3. The Labute approximate surface area is 112 Å². The fourth-order valence-electron chi connectivity index (χ4n) is 2.56. The molecule has 0 aliphatic heterocycles. The van der Waals surface area contributed by atoms with E-state index in [1.54, 1.807) is 10.9 Å². The van der Waals surface area contributed by atoms with Gasteiger partial charge in [0.2, 0.25) is 0 Å². The maximum absolute atomic E-state index is 10.5. The SMILES string of the molecule is OC(c1cnnn1-c1ccccc1)C1CC=CCC1.